The van der Waals surface area contributed by atoms with Gasteiger partial charge in [0.05, 0.1) is 5.52 Å². The van der Waals surface area contributed by atoms with Crippen LogP contribution in [0.3, 0.4) is 0 Å². The highest BCUT2D eigenvalue weighted by atomic mass is 16.3. The fraction of sp³-hybridized carbons (Fsp3) is 0. The van der Waals surface area contributed by atoms with E-state index in [9.17, 15) is 0 Å². The maximum absolute atomic E-state index is 6.39. The van der Waals surface area contributed by atoms with E-state index in [4.69, 9.17) is 58.1 Å². The van der Waals surface area contributed by atoms with E-state index < -0.39 is 0 Å². The standard InChI is InChI=1S/3C40H24N4O/c1-3-11-25(12-4-1)38-42-39(26-13-5-2-6-14-26)44-40(43-38)32-21-20-30(28-16-7-8-17-29(28)32)31-18-9-19-35-37(31)33-24-34-27(15-10-22-41-34)23-36(33)45-35;1-3-10-25(11-4-1)38-42-39(26-12-5-2-6-13-26)44-40(43-38)33-19-18-31(29-14-7-8-15-30(29)33)32-16-9-17-35-37(32)34-22-28-24-41-21-20-27(28)23-36(34)45-35;1-3-10-25(11-4-1)38-42-39(26-12-5-2-6-13-26)44-40(43-38)33-19-18-31(29-14-7-8-15-30(29)33)32-16-9-17-35-37(32)34-22-27-20-21-41-24-28(27)23-36(34)45-35/h3*1-24H. The van der Waals surface area contributed by atoms with Crippen LogP contribution in [0.1, 0.15) is 0 Å². The van der Waals surface area contributed by atoms with Crippen LogP contribution in [-0.4, -0.2) is 59.8 Å². The second kappa shape index (κ2) is 33.5. The van der Waals surface area contributed by atoms with Crippen LogP contribution >= 0.6 is 0 Å². The SMILES string of the molecule is c1ccc(-c2nc(-c3ccccc3)nc(-c3ccc(-c4cccc5oc6cc7cccnc7cc6c45)c4ccccc34)n2)cc1.c1ccc(-c2nc(-c3ccccc3)nc(-c3ccc(-c4cccc5oc6cc7ccncc7cc6c45)c4ccccc34)n2)cc1.c1ccc(-c2nc(-c3ccccc3)nc(-c3ccc(-c4cccc5oc6cc7cnccc7cc6c45)c4ccccc34)n2)cc1. The highest BCUT2D eigenvalue weighted by Gasteiger charge is 2.25. The molecule has 0 aliphatic heterocycles. The Kier molecular flexibility index (Phi) is 19.5. The van der Waals surface area contributed by atoms with Gasteiger partial charge in [-0.3, -0.25) is 15.0 Å². The van der Waals surface area contributed by atoms with Crippen LogP contribution in [0.4, 0.5) is 0 Å². The van der Waals surface area contributed by atoms with Gasteiger partial charge in [0.25, 0.3) is 0 Å². The predicted molar refractivity (Wildman–Crippen MR) is 545 cm³/mol. The molecule has 0 saturated carbocycles. The minimum atomic E-state index is 0.634. The molecule has 630 valence electrons. The number of rotatable bonds is 12. The Hall–Kier alpha value is -18.6. The van der Waals surface area contributed by atoms with Gasteiger partial charge in [0.15, 0.2) is 52.4 Å². The third-order valence-electron chi connectivity index (χ3n) is 25.2. The Morgan fingerprint density at radius 1 is 0.156 bits per heavy atom. The minimum absolute atomic E-state index is 0.634. The van der Waals surface area contributed by atoms with E-state index in [0.717, 1.165) is 214 Å². The highest BCUT2D eigenvalue weighted by Crippen LogP contribution is 2.48. The summed E-state index contributed by atoms with van der Waals surface area (Å²) >= 11 is 0. The first-order valence-corrected chi connectivity index (χ1v) is 44.7. The fourth-order valence-corrected chi connectivity index (χ4v) is 18.9. The van der Waals surface area contributed by atoms with Crippen molar-refractivity contribution in [2.45, 2.75) is 0 Å². The molecule has 0 N–H and O–H groups in total. The van der Waals surface area contributed by atoms with E-state index in [2.05, 4.69) is 203 Å². The smallest absolute Gasteiger partial charge is 0.164 e. The van der Waals surface area contributed by atoms with Crippen molar-refractivity contribution in [3.63, 3.8) is 0 Å². The van der Waals surface area contributed by atoms with Crippen LogP contribution in [0.25, 0.3) is 266 Å². The Balaban J connectivity index is 0.000000108. The summed E-state index contributed by atoms with van der Waals surface area (Å²) in [5, 5.41) is 18.5. The molecule has 0 fully saturated rings. The molecule has 0 aliphatic rings. The average molecular weight is 1730 g/mol. The normalized spacial score (nSPS) is 11.6. The highest BCUT2D eigenvalue weighted by molar-refractivity contribution is 6.22. The van der Waals surface area contributed by atoms with Crippen molar-refractivity contribution >= 4 is 131 Å². The van der Waals surface area contributed by atoms with Gasteiger partial charge in [-0.25, -0.2) is 44.9 Å². The van der Waals surface area contributed by atoms with Crippen LogP contribution in [-0.2, 0) is 0 Å². The predicted octanol–water partition coefficient (Wildman–Crippen LogP) is 30.4. The topological polar surface area (TPSA) is 194 Å². The molecular weight excluding hydrogens is 1660 g/mol. The van der Waals surface area contributed by atoms with E-state index in [1.807, 2.05) is 249 Å². The van der Waals surface area contributed by atoms with Crippen molar-refractivity contribution in [1.29, 1.82) is 0 Å². The molecule has 0 saturated heterocycles. The Bertz CT molecular complexity index is 8300. The molecule has 27 aromatic rings. The van der Waals surface area contributed by atoms with Crippen LogP contribution in [0.15, 0.2) is 451 Å². The summed E-state index contributed by atoms with van der Waals surface area (Å²) in [6, 6.07) is 139. The molecule has 0 atom stereocenters. The number of fused-ring (bicyclic) bond motifs is 15. The zero-order chi connectivity index (χ0) is 89.2. The van der Waals surface area contributed by atoms with Crippen molar-refractivity contribution in [3.8, 4) is 136 Å². The van der Waals surface area contributed by atoms with E-state index in [0.29, 0.717) is 52.4 Å². The summed E-state index contributed by atoms with van der Waals surface area (Å²) in [5.74, 6) is 5.76. The number of hydrogen-bond acceptors (Lipinski definition) is 15. The third-order valence-corrected chi connectivity index (χ3v) is 25.2. The largest absolute Gasteiger partial charge is 0.456 e. The van der Waals surface area contributed by atoms with E-state index >= 15 is 0 Å². The zero-order valence-corrected chi connectivity index (χ0v) is 72.2. The second-order valence-electron chi connectivity index (χ2n) is 33.3. The lowest BCUT2D eigenvalue weighted by Crippen LogP contribution is -2.00. The summed E-state index contributed by atoms with van der Waals surface area (Å²) in [5.41, 5.74) is 21.3. The van der Waals surface area contributed by atoms with Gasteiger partial charge in [-0.15, -0.1) is 0 Å². The van der Waals surface area contributed by atoms with E-state index in [-0.39, 0.29) is 0 Å². The Morgan fingerprint density at radius 3 is 0.763 bits per heavy atom. The maximum Gasteiger partial charge on any atom is 0.164 e. The number of aromatic nitrogens is 12. The van der Waals surface area contributed by atoms with Crippen LogP contribution in [0.2, 0.25) is 0 Å². The summed E-state index contributed by atoms with van der Waals surface area (Å²) in [4.78, 5) is 58.0. The maximum atomic E-state index is 6.39. The van der Waals surface area contributed by atoms with Crippen LogP contribution < -0.4 is 0 Å². The molecule has 0 aliphatic carbocycles. The van der Waals surface area contributed by atoms with E-state index in [1.54, 1.807) is 0 Å². The van der Waals surface area contributed by atoms with Gasteiger partial charge < -0.3 is 13.3 Å². The zero-order valence-electron chi connectivity index (χ0n) is 72.2. The molecule has 0 bridgehead atoms. The van der Waals surface area contributed by atoms with Crippen molar-refractivity contribution < 1.29 is 13.3 Å². The molecule has 27 rings (SSSR count). The van der Waals surface area contributed by atoms with Gasteiger partial charge in [0, 0.05) is 130 Å². The Morgan fingerprint density at radius 2 is 0.422 bits per heavy atom. The van der Waals surface area contributed by atoms with Gasteiger partial charge in [-0.1, -0.05) is 315 Å². The first-order valence-electron chi connectivity index (χ1n) is 44.7. The van der Waals surface area contributed by atoms with Crippen molar-refractivity contribution in [1.82, 2.24) is 59.8 Å². The van der Waals surface area contributed by atoms with Gasteiger partial charge in [-0.05, 0) is 167 Å². The summed E-state index contributed by atoms with van der Waals surface area (Å²) < 4.78 is 19.2. The number of furan rings is 3. The molecule has 9 aromatic heterocycles. The molecule has 15 heteroatoms. The number of nitrogens with zero attached hydrogens (tertiary/aromatic N) is 12. The Labute approximate surface area is 771 Å². The lowest BCUT2D eigenvalue weighted by atomic mass is 9.92. The van der Waals surface area contributed by atoms with Gasteiger partial charge in [0.1, 0.15) is 33.5 Å². The summed E-state index contributed by atoms with van der Waals surface area (Å²) in [6.45, 7) is 0. The van der Waals surface area contributed by atoms with E-state index in [1.165, 1.54) is 0 Å². The van der Waals surface area contributed by atoms with Gasteiger partial charge in [-0.2, -0.15) is 0 Å². The molecule has 0 unspecified atom stereocenters. The molecular formula is C120H72N12O3. The molecule has 9 heterocycles. The molecule has 0 radical (unpaired) electrons. The monoisotopic (exact) mass is 1730 g/mol. The minimum Gasteiger partial charge on any atom is -0.456 e. The van der Waals surface area contributed by atoms with Crippen molar-refractivity contribution in [2.75, 3.05) is 0 Å². The van der Waals surface area contributed by atoms with Gasteiger partial charge in [0.2, 0.25) is 0 Å². The first-order chi connectivity index (χ1) is 66.9. The number of hydrogen-bond donors (Lipinski definition) is 0. The van der Waals surface area contributed by atoms with Crippen molar-refractivity contribution in [3.05, 3.63) is 437 Å². The number of benzene rings is 18. The lowest BCUT2D eigenvalue weighted by molar-refractivity contribution is 0.669. The summed E-state index contributed by atoms with van der Waals surface area (Å²) in [7, 11) is 0. The molecule has 18 aromatic carbocycles. The number of pyridine rings is 3. The molecule has 135 heavy (non-hydrogen) atoms. The van der Waals surface area contributed by atoms with Crippen LogP contribution in [0.5, 0.6) is 0 Å². The third kappa shape index (κ3) is 14.5. The van der Waals surface area contributed by atoms with Crippen molar-refractivity contribution in [2.24, 2.45) is 0 Å². The molecule has 0 amide bonds. The molecule has 0 spiro atoms. The lowest BCUT2D eigenvalue weighted by Gasteiger charge is -2.13. The second-order valence-corrected chi connectivity index (χ2v) is 33.3. The molecule has 15 nitrogen and oxygen atoms in total. The van der Waals surface area contributed by atoms with Crippen LogP contribution in [0, 0.1) is 0 Å². The summed E-state index contributed by atoms with van der Waals surface area (Å²) in [6.07, 6.45) is 9.26. The first kappa shape index (κ1) is 78.6. The van der Waals surface area contributed by atoms with Gasteiger partial charge >= 0.3 is 0 Å². The fourth-order valence-electron chi connectivity index (χ4n) is 18.9. The quantitative estimate of drug-likeness (QED) is 0.112. The average Bonchev–Trinajstić information content (AvgIpc) is 1.71.